The third-order valence-electron chi connectivity index (χ3n) is 5.76. The summed E-state index contributed by atoms with van der Waals surface area (Å²) in [6.45, 7) is 10.1. The molecule has 0 saturated carbocycles. The van der Waals surface area contributed by atoms with Crippen LogP contribution in [0.3, 0.4) is 0 Å². The Labute approximate surface area is 200 Å². The van der Waals surface area contributed by atoms with Crippen molar-refractivity contribution < 1.29 is 0 Å². The van der Waals surface area contributed by atoms with Crippen molar-refractivity contribution in [2.45, 2.75) is 26.3 Å². The zero-order valence-electron chi connectivity index (χ0n) is 17.9. The molecule has 0 amide bonds. The van der Waals surface area contributed by atoms with Gasteiger partial charge in [-0.15, -0.1) is 24.0 Å². The topological polar surface area (TPSA) is 59.9 Å². The van der Waals surface area contributed by atoms with Gasteiger partial charge in [0.15, 0.2) is 5.96 Å². The Morgan fingerprint density at radius 3 is 2.60 bits per heavy atom. The molecule has 1 fully saturated rings. The highest BCUT2D eigenvalue weighted by molar-refractivity contribution is 14.0. The van der Waals surface area contributed by atoms with Crippen LogP contribution in [0.1, 0.15) is 23.9 Å². The van der Waals surface area contributed by atoms with Crippen molar-refractivity contribution in [3.05, 3.63) is 41.2 Å². The molecule has 4 rings (SSSR count). The van der Waals surface area contributed by atoms with Crippen molar-refractivity contribution >= 4 is 46.6 Å². The van der Waals surface area contributed by atoms with E-state index in [1.807, 2.05) is 7.05 Å². The van der Waals surface area contributed by atoms with Crippen LogP contribution in [0.15, 0.2) is 29.3 Å². The predicted molar refractivity (Wildman–Crippen MR) is 135 cm³/mol. The molecule has 2 aromatic rings. The molecule has 1 aromatic heterocycles. The lowest BCUT2D eigenvalue weighted by atomic mass is 10.00. The number of hydrogen-bond acceptors (Lipinski definition) is 6. The number of hydrogen-bond donors (Lipinski definition) is 1. The van der Waals surface area contributed by atoms with Crippen LogP contribution in [0.25, 0.3) is 0 Å². The van der Waals surface area contributed by atoms with Crippen molar-refractivity contribution in [1.82, 2.24) is 24.5 Å². The first-order valence-corrected chi connectivity index (χ1v) is 11.4. The minimum Gasteiger partial charge on any atom is -0.355 e. The van der Waals surface area contributed by atoms with Gasteiger partial charge in [0, 0.05) is 77.4 Å². The van der Waals surface area contributed by atoms with Crippen molar-refractivity contribution in [2.24, 2.45) is 4.99 Å². The van der Waals surface area contributed by atoms with Crippen molar-refractivity contribution in [1.29, 1.82) is 0 Å². The predicted octanol–water partition coefficient (Wildman–Crippen LogP) is 2.47. The average Bonchev–Trinajstić information content (AvgIpc) is 3.26. The van der Waals surface area contributed by atoms with E-state index in [0.29, 0.717) is 0 Å². The highest BCUT2D eigenvalue weighted by Crippen LogP contribution is 2.20. The van der Waals surface area contributed by atoms with Crippen LogP contribution in [0, 0.1) is 0 Å². The Bertz CT molecular complexity index is 832. The number of aromatic nitrogens is 2. The summed E-state index contributed by atoms with van der Waals surface area (Å²) < 4.78 is 4.41. The van der Waals surface area contributed by atoms with E-state index in [9.17, 15) is 0 Å². The Balaban J connectivity index is 0.00000256. The van der Waals surface area contributed by atoms with Gasteiger partial charge in [-0.1, -0.05) is 31.2 Å². The van der Waals surface area contributed by atoms with E-state index in [-0.39, 0.29) is 24.0 Å². The molecule has 30 heavy (non-hydrogen) atoms. The third-order valence-corrected chi connectivity index (χ3v) is 6.57. The maximum absolute atomic E-state index is 4.62. The molecule has 7 nitrogen and oxygen atoms in total. The molecule has 0 spiro atoms. The summed E-state index contributed by atoms with van der Waals surface area (Å²) in [6.07, 6.45) is 2.05. The minimum atomic E-state index is 0. The maximum atomic E-state index is 4.62. The molecule has 0 aliphatic carbocycles. The van der Waals surface area contributed by atoms with Gasteiger partial charge in [0.25, 0.3) is 0 Å². The fourth-order valence-electron chi connectivity index (χ4n) is 4.03. The van der Waals surface area contributed by atoms with Crippen LogP contribution in [0.2, 0.25) is 0 Å². The number of fused-ring (bicyclic) bond motifs is 1. The Hall–Kier alpha value is -1.46. The van der Waals surface area contributed by atoms with Crippen LogP contribution in [-0.4, -0.2) is 78.0 Å². The Morgan fingerprint density at radius 2 is 1.90 bits per heavy atom. The molecule has 1 saturated heterocycles. The maximum Gasteiger partial charge on any atom is 0.205 e. The second kappa shape index (κ2) is 11.2. The number of guanidine groups is 1. The first-order valence-electron chi connectivity index (χ1n) is 10.6. The van der Waals surface area contributed by atoms with E-state index < -0.39 is 0 Å². The average molecular weight is 542 g/mol. The molecule has 0 radical (unpaired) electrons. The zero-order chi connectivity index (χ0) is 20.1. The molecule has 0 unspecified atom stereocenters. The summed E-state index contributed by atoms with van der Waals surface area (Å²) in [5.74, 6) is 1.96. The lowest BCUT2D eigenvalue weighted by Gasteiger charge is -2.36. The van der Waals surface area contributed by atoms with E-state index >= 15 is 0 Å². The Kier molecular flexibility index (Phi) is 8.70. The number of nitrogens with one attached hydrogen (secondary N) is 1. The zero-order valence-corrected chi connectivity index (χ0v) is 21.0. The first kappa shape index (κ1) is 23.2. The van der Waals surface area contributed by atoms with E-state index in [0.717, 1.165) is 82.1 Å². The van der Waals surface area contributed by atoms with Crippen LogP contribution < -0.4 is 10.2 Å². The largest absolute Gasteiger partial charge is 0.355 e. The van der Waals surface area contributed by atoms with Gasteiger partial charge in [-0.3, -0.25) is 9.89 Å². The van der Waals surface area contributed by atoms with Gasteiger partial charge < -0.3 is 15.1 Å². The quantitative estimate of drug-likeness (QED) is 0.357. The molecule has 3 heterocycles. The number of anilines is 1. The smallest absolute Gasteiger partial charge is 0.205 e. The number of halogens is 1. The second-order valence-electron chi connectivity index (χ2n) is 7.59. The fourth-order valence-corrected chi connectivity index (χ4v) is 4.83. The van der Waals surface area contributed by atoms with Gasteiger partial charge in [-0.05, 0) is 17.5 Å². The monoisotopic (exact) mass is 541 g/mol. The molecule has 0 bridgehead atoms. The van der Waals surface area contributed by atoms with Crippen molar-refractivity contribution in [3.8, 4) is 0 Å². The van der Waals surface area contributed by atoms with Gasteiger partial charge >= 0.3 is 0 Å². The summed E-state index contributed by atoms with van der Waals surface area (Å²) in [4.78, 5) is 16.4. The number of benzene rings is 1. The number of rotatable bonds is 5. The standard InChI is InChI=1S/C21H31N7S.HI/c1-3-19-24-21(29-25-19)28-14-12-27(13-15-28)20(22-2)23-9-11-26-10-8-17-6-4-5-7-18(17)16-26;/h4-7H,3,8-16H2,1-2H3,(H,22,23);1H. The number of piperazine rings is 1. The van der Waals surface area contributed by atoms with Crippen LogP contribution in [0.5, 0.6) is 0 Å². The van der Waals surface area contributed by atoms with E-state index in [1.165, 1.54) is 22.7 Å². The molecule has 1 aromatic carbocycles. The molecule has 0 atom stereocenters. The summed E-state index contributed by atoms with van der Waals surface area (Å²) in [6, 6.07) is 8.81. The Morgan fingerprint density at radius 1 is 1.13 bits per heavy atom. The van der Waals surface area contributed by atoms with Crippen molar-refractivity contribution in [2.75, 3.05) is 57.8 Å². The molecular weight excluding hydrogens is 509 g/mol. The molecule has 2 aliphatic heterocycles. The fraction of sp³-hybridized carbons (Fsp3) is 0.571. The summed E-state index contributed by atoms with van der Waals surface area (Å²) in [5, 5.41) is 4.62. The van der Waals surface area contributed by atoms with Crippen LogP contribution in [0.4, 0.5) is 5.13 Å². The number of nitrogens with zero attached hydrogens (tertiary/aromatic N) is 6. The van der Waals surface area contributed by atoms with Gasteiger partial charge in [0.2, 0.25) is 5.13 Å². The first-order chi connectivity index (χ1) is 14.3. The van der Waals surface area contributed by atoms with Gasteiger partial charge in [0.1, 0.15) is 5.82 Å². The second-order valence-corrected chi connectivity index (χ2v) is 8.32. The number of aryl methyl sites for hydroxylation is 1. The molecule has 9 heteroatoms. The highest BCUT2D eigenvalue weighted by atomic mass is 127. The summed E-state index contributed by atoms with van der Waals surface area (Å²) >= 11 is 1.52. The molecule has 1 N–H and O–H groups in total. The van der Waals surface area contributed by atoms with Gasteiger partial charge in [-0.25, -0.2) is 4.98 Å². The van der Waals surface area contributed by atoms with Crippen LogP contribution in [-0.2, 0) is 19.4 Å². The minimum absolute atomic E-state index is 0. The SMILES string of the molecule is CCc1nsc(N2CCN(C(=NC)NCCN3CCc4ccccc4C3)CC2)n1.I. The van der Waals surface area contributed by atoms with E-state index in [4.69, 9.17) is 0 Å². The van der Waals surface area contributed by atoms with E-state index in [1.54, 1.807) is 0 Å². The van der Waals surface area contributed by atoms with Crippen molar-refractivity contribution in [3.63, 3.8) is 0 Å². The van der Waals surface area contributed by atoms with Gasteiger partial charge in [-0.2, -0.15) is 4.37 Å². The summed E-state index contributed by atoms with van der Waals surface area (Å²) in [7, 11) is 1.88. The van der Waals surface area contributed by atoms with Crippen LogP contribution >= 0.6 is 35.5 Å². The molecule has 2 aliphatic rings. The van der Waals surface area contributed by atoms with E-state index in [2.05, 4.69) is 65.6 Å². The van der Waals surface area contributed by atoms with Gasteiger partial charge in [0.05, 0.1) is 0 Å². The highest BCUT2D eigenvalue weighted by Gasteiger charge is 2.22. The lowest BCUT2D eigenvalue weighted by Crippen LogP contribution is -2.53. The third kappa shape index (κ3) is 5.61. The molecule has 164 valence electrons. The lowest BCUT2D eigenvalue weighted by molar-refractivity contribution is 0.256. The number of aliphatic imine (C=N–C) groups is 1. The normalized spacial score (nSPS) is 17.5. The molecular formula is C21H32IN7S. The summed E-state index contributed by atoms with van der Waals surface area (Å²) in [5.41, 5.74) is 2.98.